The largest absolute Gasteiger partial charge is 0.272 e. The summed E-state index contributed by atoms with van der Waals surface area (Å²) in [5, 5.41) is 13.9. The van der Waals surface area contributed by atoms with Crippen LogP contribution in [-0.4, -0.2) is 11.1 Å². The van der Waals surface area contributed by atoms with E-state index in [-0.39, 0.29) is 16.3 Å². The summed E-state index contributed by atoms with van der Waals surface area (Å²) < 4.78 is 65.7. The molecule has 1 N–H and O–H groups in total. The number of nitrogens with zero attached hydrogens (tertiary/aromatic N) is 2. The van der Waals surface area contributed by atoms with Crippen LogP contribution in [-0.2, 0) is 0 Å². The molecule has 24 heavy (non-hydrogen) atoms. The highest BCUT2D eigenvalue weighted by Gasteiger charge is 2.25. The van der Waals surface area contributed by atoms with E-state index in [2.05, 4.69) is 5.10 Å². The molecule has 0 aliphatic rings. The highest BCUT2D eigenvalue weighted by Crippen LogP contribution is 2.27. The fraction of sp³-hybridized carbons (Fsp3) is 0. The van der Waals surface area contributed by atoms with E-state index < -0.39 is 39.7 Å². The highest BCUT2D eigenvalue weighted by atomic mass is 35.5. The third-order valence-electron chi connectivity index (χ3n) is 2.78. The van der Waals surface area contributed by atoms with Crippen molar-refractivity contribution in [1.82, 2.24) is 0 Å². The quantitative estimate of drug-likeness (QED) is 0.218. The van der Waals surface area contributed by atoms with Crippen molar-refractivity contribution in [2.45, 2.75) is 0 Å². The zero-order chi connectivity index (χ0) is 18.0. The molecule has 0 saturated carbocycles. The van der Waals surface area contributed by atoms with Crippen molar-refractivity contribution in [3.05, 3.63) is 68.0 Å². The van der Waals surface area contributed by atoms with Gasteiger partial charge >= 0.3 is 0 Å². The SMILES string of the molecule is O=[N+]([O-])c1ccc(Cl)c(/C=N\Nc2c(F)c(F)c(F)c(F)c2F)c1. The second-order valence-corrected chi connectivity index (χ2v) is 4.69. The molecule has 0 amide bonds. The van der Waals surface area contributed by atoms with Gasteiger partial charge < -0.3 is 0 Å². The number of benzene rings is 2. The molecule has 0 aromatic heterocycles. The van der Waals surface area contributed by atoms with E-state index in [4.69, 9.17) is 11.6 Å². The third-order valence-corrected chi connectivity index (χ3v) is 3.12. The number of rotatable bonds is 4. The molecule has 0 aliphatic carbocycles. The Hall–Kier alpha value is -2.75. The van der Waals surface area contributed by atoms with Gasteiger partial charge in [0, 0.05) is 22.7 Å². The van der Waals surface area contributed by atoms with Crippen molar-refractivity contribution in [3.8, 4) is 0 Å². The predicted octanol–water partition coefficient (Wildman–Crippen LogP) is 4.39. The van der Waals surface area contributed by atoms with Crippen LogP contribution >= 0.6 is 11.6 Å². The Morgan fingerprint density at radius 3 is 2.12 bits per heavy atom. The first-order chi connectivity index (χ1) is 11.2. The van der Waals surface area contributed by atoms with Gasteiger partial charge in [-0.25, -0.2) is 22.0 Å². The lowest BCUT2D eigenvalue weighted by molar-refractivity contribution is -0.384. The van der Waals surface area contributed by atoms with E-state index in [0.717, 1.165) is 18.3 Å². The molecule has 2 aromatic carbocycles. The highest BCUT2D eigenvalue weighted by molar-refractivity contribution is 6.33. The van der Waals surface area contributed by atoms with Gasteiger partial charge in [-0.3, -0.25) is 15.5 Å². The summed E-state index contributed by atoms with van der Waals surface area (Å²) >= 11 is 5.76. The topological polar surface area (TPSA) is 67.5 Å². The molecule has 126 valence electrons. The molecule has 0 aliphatic heterocycles. The molecule has 0 unspecified atom stereocenters. The van der Waals surface area contributed by atoms with Gasteiger partial charge in [0.2, 0.25) is 5.82 Å². The maximum Gasteiger partial charge on any atom is 0.270 e. The first-order valence-electron chi connectivity index (χ1n) is 5.98. The minimum absolute atomic E-state index is 0.0118. The lowest BCUT2D eigenvalue weighted by Gasteiger charge is -2.07. The Balaban J connectivity index is 2.34. The number of anilines is 1. The molecule has 0 fully saturated rings. The van der Waals surface area contributed by atoms with Gasteiger partial charge in [-0.15, -0.1) is 0 Å². The number of hydrogen-bond acceptors (Lipinski definition) is 4. The Bertz CT molecular complexity index is 831. The monoisotopic (exact) mass is 365 g/mol. The van der Waals surface area contributed by atoms with Gasteiger partial charge in [-0.2, -0.15) is 5.10 Å². The summed E-state index contributed by atoms with van der Waals surface area (Å²) in [6.07, 6.45) is 0.827. The Kier molecular flexibility index (Phi) is 4.98. The summed E-state index contributed by atoms with van der Waals surface area (Å²) in [7, 11) is 0. The predicted molar refractivity (Wildman–Crippen MR) is 75.6 cm³/mol. The third kappa shape index (κ3) is 3.27. The maximum absolute atomic E-state index is 13.4. The molecule has 0 heterocycles. The number of nitrogens with one attached hydrogen (secondary N) is 1. The minimum Gasteiger partial charge on any atom is -0.272 e. The first kappa shape index (κ1) is 17.6. The molecule has 11 heteroatoms. The molecule has 0 bridgehead atoms. The molecule has 0 atom stereocenters. The first-order valence-corrected chi connectivity index (χ1v) is 6.36. The second kappa shape index (κ2) is 6.79. The van der Waals surface area contributed by atoms with Crippen LogP contribution in [0.25, 0.3) is 0 Å². The Morgan fingerprint density at radius 2 is 1.58 bits per heavy atom. The normalized spacial score (nSPS) is 11.1. The number of nitro groups is 1. The average Bonchev–Trinajstić information content (AvgIpc) is 2.55. The van der Waals surface area contributed by atoms with Gasteiger partial charge in [0.15, 0.2) is 23.3 Å². The van der Waals surface area contributed by atoms with Gasteiger partial charge in [0.1, 0.15) is 5.69 Å². The number of hydrogen-bond donors (Lipinski definition) is 1. The zero-order valence-electron chi connectivity index (χ0n) is 11.3. The van der Waals surface area contributed by atoms with Crippen LogP contribution < -0.4 is 5.43 Å². The van der Waals surface area contributed by atoms with Crippen LogP contribution in [0.4, 0.5) is 33.3 Å². The Labute approximate surface area is 135 Å². The lowest BCUT2D eigenvalue weighted by Crippen LogP contribution is -2.06. The van der Waals surface area contributed by atoms with Crippen molar-refractivity contribution < 1.29 is 26.9 Å². The van der Waals surface area contributed by atoms with Crippen LogP contribution in [0.1, 0.15) is 5.56 Å². The molecule has 2 aromatic rings. The van der Waals surface area contributed by atoms with Crippen LogP contribution in [0.2, 0.25) is 5.02 Å². The number of halogens is 6. The van der Waals surface area contributed by atoms with Crippen molar-refractivity contribution in [3.63, 3.8) is 0 Å². The smallest absolute Gasteiger partial charge is 0.270 e. The standard InChI is InChI=1S/C13H5ClF5N3O2/c14-7-2-1-6(22(23)24)3-5(7)4-20-21-13-11(18)9(16)8(15)10(17)12(13)19/h1-4,21H/b20-4-. The molecule has 0 radical (unpaired) electrons. The van der Waals surface area contributed by atoms with Gasteiger partial charge in [0.05, 0.1) is 11.1 Å². The van der Waals surface area contributed by atoms with E-state index in [9.17, 15) is 32.1 Å². The molecular weight excluding hydrogens is 361 g/mol. The van der Waals surface area contributed by atoms with Gasteiger partial charge in [-0.05, 0) is 6.07 Å². The molecule has 0 saturated heterocycles. The van der Waals surface area contributed by atoms with E-state index >= 15 is 0 Å². The van der Waals surface area contributed by atoms with E-state index in [1.807, 2.05) is 0 Å². The Morgan fingerprint density at radius 1 is 1.04 bits per heavy atom. The number of nitro benzene ring substituents is 1. The number of hydrazone groups is 1. The second-order valence-electron chi connectivity index (χ2n) is 4.28. The summed E-state index contributed by atoms with van der Waals surface area (Å²) in [6, 6.07) is 3.29. The fourth-order valence-electron chi connectivity index (χ4n) is 1.61. The van der Waals surface area contributed by atoms with Crippen molar-refractivity contribution in [2.24, 2.45) is 5.10 Å². The zero-order valence-corrected chi connectivity index (χ0v) is 12.0. The van der Waals surface area contributed by atoms with E-state index in [0.29, 0.717) is 0 Å². The van der Waals surface area contributed by atoms with Crippen LogP contribution in [0.3, 0.4) is 0 Å². The molecule has 2 rings (SSSR count). The summed E-state index contributed by atoms with van der Waals surface area (Å²) in [6.45, 7) is 0. The van der Waals surface area contributed by atoms with E-state index in [1.165, 1.54) is 6.07 Å². The van der Waals surface area contributed by atoms with Crippen molar-refractivity contribution in [1.29, 1.82) is 0 Å². The maximum atomic E-state index is 13.4. The molecular formula is C13H5ClF5N3O2. The number of non-ortho nitro benzene ring substituents is 1. The lowest BCUT2D eigenvalue weighted by atomic mass is 10.2. The van der Waals surface area contributed by atoms with Crippen LogP contribution in [0, 0.1) is 39.2 Å². The summed E-state index contributed by atoms with van der Waals surface area (Å²) in [5.74, 6) is -10.8. The van der Waals surface area contributed by atoms with E-state index in [1.54, 1.807) is 5.43 Å². The van der Waals surface area contributed by atoms with Gasteiger partial charge in [-0.1, -0.05) is 11.6 Å². The minimum atomic E-state index is -2.30. The summed E-state index contributed by atoms with van der Waals surface area (Å²) in [5.41, 5.74) is -0.0602. The average molecular weight is 366 g/mol. The summed E-state index contributed by atoms with van der Waals surface area (Å²) in [4.78, 5) is 9.92. The molecule has 5 nitrogen and oxygen atoms in total. The molecule has 0 spiro atoms. The van der Waals surface area contributed by atoms with Gasteiger partial charge in [0.25, 0.3) is 5.69 Å². The van der Waals surface area contributed by atoms with Crippen LogP contribution in [0.5, 0.6) is 0 Å². The van der Waals surface area contributed by atoms with Crippen LogP contribution in [0.15, 0.2) is 23.3 Å². The van der Waals surface area contributed by atoms with Crippen molar-refractivity contribution in [2.75, 3.05) is 5.43 Å². The van der Waals surface area contributed by atoms with Crippen molar-refractivity contribution >= 4 is 29.2 Å². The fourth-order valence-corrected chi connectivity index (χ4v) is 1.78.